The molecular formula is C11H18N4. The van der Waals surface area contributed by atoms with Crippen LogP contribution in [0.25, 0.3) is 0 Å². The zero-order valence-electron chi connectivity index (χ0n) is 8.82. The average molecular weight is 206 g/mol. The van der Waals surface area contributed by atoms with Crippen molar-refractivity contribution in [2.75, 3.05) is 5.73 Å². The number of nitrogens with two attached hydrogens (primary N) is 2. The summed E-state index contributed by atoms with van der Waals surface area (Å²) in [5.41, 5.74) is 9.75. The third-order valence-corrected chi connectivity index (χ3v) is 3.23. The van der Waals surface area contributed by atoms with Gasteiger partial charge < -0.3 is 5.73 Å². The third kappa shape index (κ3) is 2.46. The van der Waals surface area contributed by atoms with Gasteiger partial charge in [-0.15, -0.1) is 0 Å². The summed E-state index contributed by atoms with van der Waals surface area (Å²) in [6, 6.07) is 4.29. The molecule has 1 fully saturated rings. The normalized spacial score (nSPS) is 18.5. The number of nitrogens with one attached hydrogen (secondary N) is 1. The lowest BCUT2D eigenvalue weighted by atomic mass is 9.78. The molecule has 0 bridgehead atoms. The van der Waals surface area contributed by atoms with Crippen molar-refractivity contribution in [3.05, 3.63) is 23.9 Å². The largest absolute Gasteiger partial charge is 0.384 e. The Morgan fingerprint density at radius 2 is 2.33 bits per heavy atom. The van der Waals surface area contributed by atoms with Crippen molar-refractivity contribution in [3.8, 4) is 0 Å². The van der Waals surface area contributed by atoms with Gasteiger partial charge in [0.15, 0.2) is 0 Å². The van der Waals surface area contributed by atoms with E-state index < -0.39 is 0 Å². The summed E-state index contributed by atoms with van der Waals surface area (Å²) in [5.74, 6) is 6.88. The Morgan fingerprint density at radius 1 is 1.53 bits per heavy atom. The van der Waals surface area contributed by atoms with Crippen molar-refractivity contribution in [2.45, 2.75) is 31.7 Å². The minimum Gasteiger partial charge on any atom is -0.384 e. The first-order valence-corrected chi connectivity index (χ1v) is 5.46. The summed E-state index contributed by atoms with van der Waals surface area (Å²) in [6.07, 6.45) is 6.60. The highest BCUT2D eigenvalue weighted by atomic mass is 15.2. The monoisotopic (exact) mass is 206 g/mol. The summed E-state index contributed by atoms with van der Waals surface area (Å²) in [7, 11) is 0. The Labute approximate surface area is 90.0 Å². The first kappa shape index (κ1) is 10.4. The molecule has 4 heteroatoms. The van der Waals surface area contributed by atoms with Crippen LogP contribution in [-0.2, 0) is 6.42 Å². The molecule has 0 amide bonds. The lowest BCUT2D eigenvalue weighted by Crippen LogP contribution is -2.44. The molecule has 1 saturated carbocycles. The second-order valence-electron chi connectivity index (χ2n) is 4.26. The highest BCUT2D eigenvalue weighted by molar-refractivity contribution is 5.32. The second-order valence-corrected chi connectivity index (χ2v) is 4.26. The van der Waals surface area contributed by atoms with Crippen LogP contribution in [0.1, 0.15) is 24.8 Å². The molecule has 1 aliphatic carbocycles. The third-order valence-electron chi connectivity index (χ3n) is 3.23. The maximum Gasteiger partial charge on any atom is 0.123 e. The fourth-order valence-electron chi connectivity index (χ4n) is 2.08. The highest BCUT2D eigenvalue weighted by Gasteiger charge is 2.26. The Kier molecular flexibility index (Phi) is 3.18. The predicted octanol–water partition coefficient (Wildman–Crippen LogP) is 0.838. The Balaban J connectivity index is 1.99. The lowest BCUT2D eigenvalue weighted by Gasteiger charge is -2.33. The number of aromatic nitrogens is 1. The predicted molar refractivity (Wildman–Crippen MR) is 60.8 cm³/mol. The van der Waals surface area contributed by atoms with Gasteiger partial charge in [-0.2, -0.15) is 0 Å². The van der Waals surface area contributed by atoms with Crippen LogP contribution in [0.15, 0.2) is 18.3 Å². The van der Waals surface area contributed by atoms with E-state index in [1.165, 1.54) is 24.8 Å². The Hall–Kier alpha value is -1.13. The summed E-state index contributed by atoms with van der Waals surface area (Å²) >= 11 is 0. The molecule has 0 spiro atoms. The molecule has 1 aliphatic rings. The molecular weight excluding hydrogens is 188 g/mol. The molecule has 4 nitrogen and oxygen atoms in total. The minimum absolute atomic E-state index is 0.376. The van der Waals surface area contributed by atoms with Crippen molar-refractivity contribution in [2.24, 2.45) is 11.8 Å². The van der Waals surface area contributed by atoms with Crippen LogP contribution in [-0.4, -0.2) is 11.0 Å². The highest BCUT2D eigenvalue weighted by Crippen LogP contribution is 2.30. The van der Waals surface area contributed by atoms with Crippen LogP contribution < -0.4 is 17.0 Å². The van der Waals surface area contributed by atoms with E-state index >= 15 is 0 Å². The van der Waals surface area contributed by atoms with Gasteiger partial charge in [0.1, 0.15) is 5.82 Å². The number of hydrazine groups is 1. The summed E-state index contributed by atoms with van der Waals surface area (Å²) in [4.78, 5) is 3.98. The van der Waals surface area contributed by atoms with Crippen molar-refractivity contribution in [1.82, 2.24) is 10.4 Å². The van der Waals surface area contributed by atoms with Crippen LogP contribution in [0.4, 0.5) is 5.82 Å². The molecule has 1 atom stereocenters. The molecule has 1 unspecified atom stereocenters. The molecule has 0 aliphatic heterocycles. The molecule has 1 heterocycles. The fraction of sp³-hybridized carbons (Fsp3) is 0.545. The Bertz CT molecular complexity index is 322. The number of nitrogens with zero attached hydrogens (tertiary/aromatic N) is 1. The molecule has 1 aromatic rings. The molecule has 82 valence electrons. The molecule has 2 rings (SSSR count). The topological polar surface area (TPSA) is 77.0 Å². The van der Waals surface area contributed by atoms with Crippen LogP contribution >= 0.6 is 0 Å². The van der Waals surface area contributed by atoms with Gasteiger partial charge in [0.2, 0.25) is 0 Å². The number of hydrogen-bond donors (Lipinski definition) is 3. The number of pyridine rings is 1. The minimum atomic E-state index is 0.376. The van der Waals surface area contributed by atoms with Crippen LogP contribution in [0.2, 0.25) is 0 Å². The quantitative estimate of drug-likeness (QED) is 0.504. The van der Waals surface area contributed by atoms with Gasteiger partial charge in [-0.05, 0) is 42.9 Å². The van der Waals surface area contributed by atoms with E-state index in [9.17, 15) is 0 Å². The molecule has 5 N–H and O–H groups in total. The molecule has 0 saturated heterocycles. The number of hydrogen-bond acceptors (Lipinski definition) is 4. The van der Waals surface area contributed by atoms with E-state index in [0.29, 0.717) is 11.9 Å². The number of nitrogen functional groups attached to an aromatic ring is 1. The van der Waals surface area contributed by atoms with Gasteiger partial charge >= 0.3 is 0 Å². The van der Waals surface area contributed by atoms with Gasteiger partial charge in [0.05, 0.1) is 0 Å². The van der Waals surface area contributed by atoms with Gasteiger partial charge in [-0.25, -0.2) is 4.98 Å². The second kappa shape index (κ2) is 4.59. The van der Waals surface area contributed by atoms with Gasteiger partial charge in [-0.3, -0.25) is 11.3 Å². The van der Waals surface area contributed by atoms with Gasteiger partial charge in [-0.1, -0.05) is 6.42 Å². The van der Waals surface area contributed by atoms with Gasteiger partial charge in [0, 0.05) is 12.2 Å². The maximum atomic E-state index is 5.64. The number of rotatable bonds is 4. The zero-order valence-corrected chi connectivity index (χ0v) is 8.82. The van der Waals surface area contributed by atoms with E-state index in [1.807, 2.05) is 12.1 Å². The maximum absolute atomic E-state index is 5.64. The van der Waals surface area contributed by atoms with E-state index in [1.54, 1.807) is 6.20 Å². The first-order chi connectivity index (χ1) is 7.29. The van der Waals surface area contributed by atoms with Crippen molar-refractivity contribution in [3.63, 3.8) is 0 Å². The fourth-order valence-corrected chi connectivity index (χ4v) is 2.08. The van der Waals surface area contributed by atoms with E-state index in [0.717, 1.165) is 12.3 Å². The van der Waals surface area contributed by atoms with Crippen molar-refractivity contribution >= 4 is 5.82 Å². The summed E-state index contributed by atoms with van der Waals surface area (Å²) in [5, 5.41) is 0. The smallest absolute Gasteiger partial charge is 0.123 e. The van der Waals surface area contributed by atoms with Crippen molar-refractivity contribution < 1.29 is 0 Å². The van der Waals surface area contributed by atoms with Gasteiger partial charge in [0.25, 0.3) is 0 Å². The van der Waals surface area contributed by atoms with Crippen molar-refractivity contribution in [1.29, 1.82) is 0 Å². The molecule has 0 radical (unpaired) electrons. The van der Waals surface area contributed by atoms with E-state index in [-0.39, 0.29) is 0 Å². The standard InChI is InChI=1S/C11H18N4/c12-11-7-8(4-5-14-11)6-10(15-13)9-2-1-3-9/h4-5,7,9-10,15H,1-3,6,13H2,(H2,12,14). The van der Waals surface area contributed by atoms with Crippen LogP contribution in [0.5, 0.6) is 0 Å². The molecule has 0 aromatic carbocycles. The summed E-state index contributed by atoms with van der Waals surface area (Å²) in [6.45, 7) is 0. The number of anilines is 1. The summed E-state index contributed by atoms with van der Waals surface area (Å²) < 4.78 is 0. The molecule has 1 aromatic heterocycles. The SMILES string of the molecule is NNC(Cc1ccnc(N)c1)C1CCC1. The van der Waals surface area contributed by atoms with Crippen LogP contribution in [0.3, 0.4) is 0 Å². The average Bonchev–Trinajstić information content (AvgIpc) is 2.14. The lowest BCUT2D eigenvalue weighted by molar-refractivity contribution is 0.228. The molecule has 15 heavy (non-hydrogen) atoms. The van der Waals surface area contributed by atoms with E-state index in [4.69, 9.17) is 11.6 Å². The van der Waals surface area contributed by atoms with E-state index in [2.05, 4.69) is 10.4 Å². The first-order valence-electron chi connectivity index (χ1n) is 5.46. The Morgan fingerprint density at radius 3 is 2.87 bits per heavy atom. The zero-order chi connectivity index (χ0) is 10.7. The van der Waals surface area contributed by atoms with Crippen LogP contribution in [0, 0.1) is 5.92 Å².